The maximum absolute atomic E-state index is 12.7. The van der Waals surface area contributed by atoms with E-state index in [1.807, 2.05) is 0 Å². The molecule has 2 aromatic carbocycles. The van der Waals surface area contributed by atoms with Crippen LogP contribution in [0.4, 0.5) is 79.0 Å². The average molecular weight is 1010 g/mol. The second-order valence-electron chi connectivity index (χ2n) is 10.6. The van der Waals surface area contributed by atoms with Crippen molar-refractivity contribution in [3.05, 3.63) is 118 Å². The number of benzene rings is 2. The number of hydrogen-bond donors (Lipinski definition) is 0. The minimum atomic E-state index is -5.11. The predicted molar refractivity (Wildman–Crippen MR) is 151 cm³/mol. The van der Waals surface area contributed by atoms with Gasteiger partial charge < -0.3 is 15.1 Å². The van der Waals surface area contributed by atoms with E-state index in [2.05, 4.69) is 9.97 Å². The molecule has 0 aliphatic rings. The summed E-state index contributed by atoms with van der Waals surface area (Å²) in [5.41, 5.74) is -11.4. The van der Waals surface area contributed by atoms with E-state index in [0.717, 1.165) is 6.08 Å². The summed E-state index contributed by atoms with van der Waals surface area (Å²) in [5.74, 6) is -0.375. The number of allylic oxidation sites excluding steroid dienone is 2. The van der Waals surface area contributed by atoms with Gasteiger partial charge in [-0.1, -0.05) is 31.2 Å². The maximum atomic E-state index is 12.7. The van der Waals surface area contributed by atoms with Crippen LogP contribution in [0.5, 0.6) is 0 Å². The van der Waals surface area contributed by atoms with Crippen LogP contribution in [0.1, 0.15) is 47.2 Å². The van der Waals surface area contributed by atoms with Gasteiger partial charge in [0.2, 0.25) is 0 Å². The largest absolute Gasteiger partial charge is 3.00 e. The second-order valence-corrected chi connectivity index (χ2v) is 10.6. The van der Waals surface area contributed by atoms with Crippen molar-refractivity contribution in [2.24, 2.45) is 0 Å². The first-order valence-corrected chi connectivity index (χ1v) is 14.1. The third-order valence-corrected chi connectivity index (χ3v) is 6.14. The third-order valence-electron chi connectivity index (χ3n) is 6.14. The Morgan fingerprint density at radius 1 is 0.518 bits per heavy atom. The van der Waals surface area contributed by atoms with E-state index in [1.54, 1.807) is 12.1 Å². The molecule has 0 spiro atoms. The van der Waals surface area contributed by atoms with Crippen molar-refractivity contribution < 1.29 is 109 Å². The summed E-state index contributed by atoms with van der Waals surface area (Å²) in [4.78, 5) is 16.5. The monoisotopic (exact) mass is 1010 g/mol. The summed E-state index contributed by atoms with van der Waals surface area (Å²) < 4.78 is 227. The zero-order valence-corrected chi connectivity index (χ0v) is 29.6. The molecule has 0 bridgehead atoms. The summed E-state index contributed by atoms with van der Waals surface area (Å²) in [6, 6.07) is 6.18. The number of rotatable bonds is 3. The number of pyridine rings is 2. The topological polar surface area (TPSA) is 65.9 Å². The van der Waals surface area contributed by atoms with Crippen molar-refractivity contribution in [2.75, 3.05) is 0 Å². The molecule has 0 fully saturated rings. The molecule has 0 unspecified atom stereocenters. The van der Waals surface area contributed by atoms with Gasteiger partial charge in [0.1, 0.15) is 0 Å². The maximum Gasteiger partial charge on any atom is 3.00 e. The number of aromatic nitrogens is 2. The Kier molecular flexibility index (Phi) is 15.9. The molecule has 306 valence electrons. The SMILES string of the molecule is CC(=O)/C=C(/C)[O-].FC(F)(F)c1[c-]c(-c2ccc(C(F)(F)F)cn2)cc(C(F)(F)F)c1.FC(F)(F)c1[c-]c(-c2ccc(C(F)(F)F)cn2)cc(C(F)(F)F)c1.[Ir+3]. The number of alkyl halides is 18. The first-order valence-electron chi connectivity index (χ1n) is 14.1. The van der Waals surface area contributed by atoms with Crippen molar-refractivity contribution in [2.45, 2.75) is 50.9 Å². The van der Waals surface area contributed by atoms with E-state index in [4.69, 9.17) is 0 Å². The zero-order chi connectivity index (χ0) is 42.5. The zero-order valence-electron chi connectivity index (χ0n) is 27.2. The van der Waals surface area contributed by atoms with E-state index in [1.165, 1.54) is 13.8 Å². The molecule has 0 amide bonds. The molecular weight excluding hydrogens is 991 g/mol. The quantitative estimate of drug-likeness (QED) is 0.0888. The van der Waals surface area contributed by atoms with Gasteiger partial charge in [0.15, 0.2) is 5.78 Å². The van der Waals surface area contributed by atoms with E-state index in [-0.39, 0.29) is 43.8 Å². The molecule has 4 nitrogen and oxygen atoms in total. The molecule has 0 aliphatic carbocycles. The average Bonchev–Trinajstić information content (AvgIpc) is 3.02. The van der Waals surface area contributed by atoms with Gasteiger partial charge in [-0.25, -0.2) is 0 Å². The van der Waals surface area contributed by atoms with E-state index in [9.17, 15) is 88.9 Å². The van der Waals surface area contributed by atoms with Gasteiger partial charge in [0, 0.05) is 12.4 Å². The van der Waals surface area contributed by atoms with Crippen molar-refractivity contribution in [3.8, 4) is 22.5 Å². The van der Waals surface area contributed by atoms with E-state index in [0.29, 0.717) is 48.8 Å². The number of carbonyl (C=O) groups excluding carboxylic acids is 1. The molecule has 0 aliphatic heterocycles. The smallest absolute Gasteiger partial charge is 0.876 e. The van der Waals surface area contributed by atoms with E-state index >= 15 is 0 Å². The minimum Gasteiger partial charge on any atom is -0.876 e. The van der Waals surface area contributed by atoms with Crippen LogP contribution in [0.2, 0.25) is 0 Å². The third kappa shape index (κ3) is 15.1. The van der Waals surface area contributed by atoms with Gasteiger partial charge in [-0.05, 0) is 46.6 Å². The first kappa shape index (κ1) is 49.4. The van der Waals surface area contributed by atoms with Gasteiger partial charge in [-0.2, -0.15) is 79.0 Å². The molecule has 4 rings (SSSR count). The van der Waals surface area contributed by atoms with E-state index < -0.39 is 93.0 Å². The van der Waals surface area contributed by atoms with Crippen LogP contribution < -0.4 is 5.11 Å². The van der Waals surface area contributed by atoms with Gasteiger partial charge in [-0.3, -0.25) is 4.79 Å². The Morgan fingerprint density at radius 3 is 1.00 bits per heavy atom. The Bertz CT molecular complexity index is 1760. The van der Waals surface area contributed by atoms with Crippen LogP contribution in [-0.4, -0.2) is 15.8 Å². The van der Waals surface area contributed by atoms with Crippen LogP contribution >= 0.6 is 0 Å². The van der Waals surface area contributed by atoms with Crippen molar-refractivity contribution in [1.82, 2.24) is 9.97 Å². The fourth-order valence-corrected chi connectivity index (χ4v) is 3.78. The van der Waals surface area contributed by atoms with Gasteiger partial charge in [0.25, 0.3) is 0 Å². The normalized spacial score (nSPS) is 12.8. The fourth-order valence-electron chi connectivity index (χ4n) is 3.78. The van der Waals surface area contributed by atoms with Gasteiger partial charge in [-0.15, -0.1) is 53.3 Å². The molecule has 0 radical (unpaired) electrons. The molecule has 0 saturated carbocycles. The molecule has 2 heterocycles. The molecule has 0 atom stereocenters. The van der Waals surface area contributed by atoms with Crippen LogP contribution in [0.15, 0.2) is 72.8 Å². The summed E-state index contributed by atoms with van der Waals surface area (Å²) in [6.07, 6.45) is -28.1. The molecule has 23 heteroatoms. The molecule has 56 heavy (non-hydrogen) atoms. The standard InChI is InChI=1S/2C14H5F9N.C5H8O2.Ir/c2*15-12(16,17)8-1-2-11(24-6-8)7-3-9(13(18,19)20)5-10(4-7)14(21,22)23;1-4(6)3-5(2)7;/h2*1-3,5-6H;3,6H,1-2H3;/q2*-1;;+3/p-1/b;;4-3-;. The number of hydrogen-bond acceptors (Lipinski definition) is 4. The van der Waals surface area contributed by atoms with Crippen LogP contribution in [0, 0.1) is 12.1 Å². The van der Waals surface area contributed by atoms with Gasteiger partial charge >= 0.3 is 57.2 Å². The van der Waals surface area contributed by atoms with Crippen LogP contribution in [-0.2, 0) is 62.0 Å². The minimum absolute atomic E-state index is 0. The van der Waals surface area contributed by atoms with Crippen LogP contribution in [0.3, 0.4) is 0 Å². The molecule has 0 N–H and O–H groups in total. The number of nitrogens with zero attached hydrogens (tertiary/aromatic N) is 2. The summed E-state index contributed by atoms with van der Waals surface area (Å²) in [6.45, 7) is 2.70. The van der Waals surface area contributed by atoms with Crippen molar-refractivity contribution in [1.29, 1.82) is 0 Å². The predicted octanol–water partition coefficient (Wildman–Crippen LogP) is 11.0. The van der Waals surface area contributed by atoms with Crippen molar-refractivity contribution in [3.63, 3.8) is 0 Å². The Hall–Kier alpha value is -4.66. The van der Waals surface area contributed by atoms with Crippen LogP contribution in [0.25, 0.3) is 22.5 Å². The fraction of sp³-hybridized carbons (Fsp3) is 0.242. The summed E-state index contributed by atoms with van der Waals surface area (Å²) in [5, 5.41) is 9.98. The molecule has 4 aromatic rings. The second kappa shape index (κ2) is 18.1. The Labute approximate surface area is 316 Å². The molecule has 0 saturated heterocycles. The summed E-state index contributed by atoms with van der Waals surface area (Å²) in [7, 11) is 0. The first-order chi connectivity index (χ1) is 24.7. The number of halogens is 18. The molecular formula is C33H17F18IrN2O2. The number of carbonyl (C=O) groups is 1. The molecule has 2 aromatic heterocycles. The van der Waals surface area contributed by atoms with Crippen molar-refractivity contribution >= 4 is 5.78 Å². The Morgan fingerprint density at radius 2 is 0.821 bits per heavy atom. The summed E-state index contributed by atoms with van der Waals surface area (Å²) >= 11 is 0. The van der Waals surface area contributed by atoms with Gasteiger partial charge in [0.05, 0.1) is 11.1 Å². The Balaban J connectivity index is 0.000000472. The number of ketones is 1.